The van der Waals surface area contributed by atoms with E-state index in [2.05, 4.69) is 13.0 Å². The molecule has 0 N–H and O–H groups in total. The molecule has 1 saturated carbocycles. The van der Waals surface area contributed by atoms with Crippen LogP contribution >= 0.6 is 0 Å². The van der Waals surface area contributed by atoms with Crippen molar-refractivity contribution >= 4 is 6.09 Å². The van der Waals surface area contributed by atoms with E-state index in [4.69, 9.17) is 4.74 Å². The second-order valence-corrected chi connectivity index (χ2v) is 6.26. The molecule has 1 aliphatic carbocycles. The number of amides is 1. The van der Waals surface area contributed by atoms with Crippen molar-refractivity contribution in [1.29, 1.82) is 0 Å². The lowest BCUT2D eigenvalue weighted by atomic mass is 10.0. The summed E-state index contributed by atoms with van der Waals surface area (Å²) in [7, 11) is 0. The molecule has 0 radical (unpaired) electrons. The average Bonchev–Trinajstić information content (AvgIpc) is 2.70. The van der Waals surface area contributed by atoms with Crippen molar-refractivity contribution < 1.29 is 9.53 Å². The van der Waals surface area contributed by atoms with Gasteiger partial charge < -0.3 is 9.64 Å². The predicted molar refractivity (Wildman–Crippen MR) is 67.8 cm³/mol. The van der Waals surface area contributed by atoms with E-state index in [-0.39, 0.29) is 11.7 Å². The molecule has 0 aromatic heterocycles. The summed E-state index contributed by atoms with van der Waals surface area (Å²) < 4.78 is 5.41. The molecule has 1 unspecified atom stereocenters. The molecule has 1 saturated heterocycles. The fourth-order valence-electron chi connectivity index (χ4n) is 2.87. The smallest absolute Gasteiger partial charge is 0.410 e. The van der Waals surface area contributed by atoms with Gasteiger partial charge in [0, 0.05) is 13.1 Å². The van der Waals surface area contributed by atoms with Gasteiger partial charge in [0.1, 0.15) is 5.60 Å². The standard InChI is InChI=1S/C14H23NO2/c1-5-10-6-11-8-15(9-12(11)7-10)13(16)17-14(2,3)4/h5,11-12H,6-9H2,1-4H3/b10-5-/t11?,12-/m1/s1. The third kappa shape index (κ3) is 2.82. The SMILES string of the molecule is C/C=C1/CC2CN(C(=O)OC(C)(C)C)C[C@H]2C1. The van der Waals surface area contributed by atoms with Gasteiger partial charge in [0.2, 0.25) is 0 Å². The summed E-state index contributed by atoms with van der Waals surface area (Å²) >= 11 is 0. The minimum absolute atomic E-state index is 0.145. The van der Waals surface area contributed by atoms with Crippen molar-refractivity contribution in [3.8, 4) is 0 Å². The van der Waals surface area contributed by atoms with Crippen LogP contribution in [-0.4, -0.2) is 29.7 Å². The Morgan fingerprint density at radius 2 is 1.82 bits per heavy atom. The number of rotatable bonds is 0. The van der Waals surface area contributed by atoms with E-state index >= 15 is 0 Å². The molecule has 3 nitrogen and oxygen atoms in total. The molecule has 0 bridgehead atoms. The highest BCUT2D eigenvalue weighted by atomic mass is 16.6. The Balaban J connectivity index is 1.90. The molecule has 0 aromatic carbocycles. The van der Waals surface area contributed by atoms with E-state index in [1.165, 1.54) is 12.8 Å². The van der Waals surface area contributed by atoms with Gasteiger partial charge in [-0.1, -0.05) is 11.6 Å². The first-order chi connectivity index (χ1) is 7.89. The predicted octanol–water partition coefficient (Wildman–Crippen LogP) is 3.21. The van der Waals surface area contributed by atoms with Gasteiger partial charge >= 0.3 is 6.09 Å². The monoisotopic (exact) mass is 237 g/mol. The Labute approximate surface area is 104 Å². The molecular weight excluding hydrogens is 214 g/mol. The first-order valence-corrected chi connectivity index (χ1v) is 6.51. The van der Waals surface area contributed by atoms with Gasteiger partial charge in [0.15, 0.2) is 0 Å². The lowest BCUT2D eigenvalue weighted by Crippen LogP contribution is -2.35. The van der Waals surface area contributed by atoms with Crippen LogP contribution in [0.2, 0.25) is 0 Å². The lowest BCUT2D eigenvalue weighted by molar-refractivity contribution is 0.0282. The summed E-state index contributed by atoms with van der Waals surface area (Å²) in [5.41, 5.74) is 1.17. The quantitative estimate of drug-likeness (QED) is 0.605. The number of nitrogens with zero attached hydrogens (tertiary/aromatic N) is 1. The Kier molecular flexibility index (Phi) is 3.19. The van der Waals surface area contributed by atoms with Crippen LogP contribution < -0.4 is 0 Å². The van der Waals surface area contributed by atoms with Crippen molar-refractivity contribution in [2.24, 2.45) is 11.8 Å². The van der Waals surface area contributed by atoms with Crippen LogP contribution in [0.25, 0.3) is 0 Å². The molecule has 2 aliphatic rings. The zero-order valence-corrected chi connectivity index (χ0v) is 11.3. The maximum Gasteiger partial charge on any atom is 0.410 e. The summed E-state index contributed by atoms with van der Waals surface area (Å²) in [5, 5.41) is 0. The van der Waals surface area contributed by atoms with Crippen LogP contribution in [0, 0.1) is 11.8 Å². The molecule has 2 fully saturated rings. The fraction of sp³-hybridized carbons (Fsp3) is 0.786. The molecule has 0 aromatic rings. The average molecular weight is 237 g/mol. The maximum atomic E-state index is 11.9. The normalized spacial score (nSPS) is 30.8. The van der Waals surface area contributed by atoms with E-state index in [9.17, 15) is 4.79 Å². The Bertz CT molecular complexity index is 325. The van der Waals surface area contributed by atoms with E-state index < -0.39 is 0 Å². The minimum Gasteiger partial charge on any atom is -0.444 e. The highest BCUT2D eigenvalue weighted by Crippen LogP contribution is 2.41. The van der Waals surface area contributed by atoms with Crippen molar-refractivity contribution in [3.05, 3.63) is 11.6 Å². The fourth-order valence-corrected chi connectivity index (χ4v) is 2.87. The molecule has 96 valence electrons. The summed E-state index contributed by atoms with van der Waals surface area (Å²) in [6.07, 6.45) is 4.42. The third-order valence-electron chi connectivity index (χ3n) is 3.69. The number of ether oxygens (including phenoxy) is 1. The van der Waals surface area contributed by atoms with Gasteiger partial charge in [0.25, 0.3) is 0 Å². The highest BCUT2D eigenvalue weighted by Gasteiger charge is 2.40. The summed E-state index contributed by atoms with van der Waals surface area (Å²) in [6.45, 7) is 9.61. The van der Waals surface area contributed by atoms with Gasteiger partial charge in [-0.05, 0) is 52.4 Å². The van der Waals surface area contributed by atoms with Crippen LogP contribution in [0.3, 0.4) is 0 Å². The summed E-state index contributed by atoms with van der Waals surface area (Å²) in [6, 6.07) is 0. The Morgan fingerprint density at radius 3 is 2.24 bits per heavy atom. The minimum atomic E-state index is -0.386. The summed E-state index contributed by atoms with van der Waals surface area (Å²) in [5.74, 6) is 1.32. The van der Waals surface area contributed by atoms with Gasteiger partial charge in [0.05, 0.1) is 0 Å². The topological polar surface area (TPSA) is 29.5 Å². The van der Waals surface area contributed by atoms with E-state index in [0.29, 0.717) is 11.8 Å². The Morgan fingerprint density at radius 1 is 1.29 bits per heavy atom. The number of hydrogen-bond donors (Lipinski definition) is 0. The van der Waals surface area contributed by atoms with E-state index in [0.717, 1.165) is 13.1 Å². The largest absolute Gasteiger partial charge is 0.444 e. The third-order valence-corrected chi connectivity index (χ3v) is 3.69. The van der Waals surface area contributed by atoms with Crippen LogP contribution in [0.1, 0.15) is 40.5 Å². The molecule has 17 heavy (non-hydrogen) atoms. The first kappa shape index (κ1) is 12.5. The summed E-state index contributed by atoms with van der Waals surface area (Å²) in [4.78, 5) is 13.8. The van der Waals surface area contributed by atoms with Crippen molar-refractivity contribution in [2.45, 2.75) is 46.1 Å². The molecular formula is C14H23NO2. The number of likely N-dealkylation sites (tertiary alicyclic amines) is 1. The second-order valence-electron chi connectivity index (χ2n) is 6.26. The molecule has 3 heteroatoms. The zero-order valence-electron chi connectivity index (χ0n) is 11.3. The Hall–Kier alpha value is -0.990. The van der Waals surface area contributed by atoms with Gasteiger partial charge in [-0.2, -0.15) is 0 Å². The van der Waals surface area contributed by atoms with Crippen LogP contribution in [0.5, 0.6) is 0 Å². The number of fused-ring (bicyclic) bond motifs is 1. The number of allylic oxidation sites excluding steroid dienone is 2. The van der Waals surface area contributed by atoms with Crippen LogP contribution in [0.15, 0.2) is 11.6 Å². The van der Waals surface area contributed by atoms with Gasteiger partial charge in [-0.25, -0.2) is 4.79 Å². The van der Waals surface area contributed by atoms with Crippen molar-refractivity contribution in [3.63, 3.8) is 0 Å². The van der Waals surface area contributed by atoms with Crippen LogP contribution in [-0.2, 0) is 4.74 Å². The highest BCUT2D eigenvalue weighted by molar-refractivity contribution is 5.68. The molecule has 2 rings (SSSR count). The maximum absolute atomic E-state index is 11.9. The molecule has 1 aliphatic heterocycles. The zero-order chi connectivity index (χ0) is 12.6. The van der Waals surface area contributed by atoms with E-state index in [1.807, 2.05) is 25.7 Å². The van der Waals surface area contributed by atoms with Gasteiger partial charge in [-0.15, -0.1) is 0 Å². The number of carbonyl (C=O) groups is 1. The lowest BCUT2D eigenvalue weighted by Gasteiger charge is -2.24. The number of hydrogen-bond acceptors (Lipinski definition) is 2. The first-order valence-electron chi connectivity index (χ1n) is 6.51. The van der Waals surface area contributed by atoms with Crippen LogP contribution in [0.4, 0.5) is 4.79 Å². The molecule has 1 heterocycles. The molecule has 2 atom stereocenters. The van der Waals surface area contributed by atoms with Crippen molar-refractivity contribution in [2.75, 3.05) is 13.1 Å². The molecule has 1 amide bonds. The second kappa shape index (κ2) is 4.35. The molecule has 0 spiro atoms. The number of carbonyl (C=O) groups excluding carboxylic acids is 1. The van der Waals surface area contributed by atoms with Gasteiger partial charge in [-0.3, -0.25) is 0 Å². The van der Waals surface area contributed by atoms with Crippen molar-refractivity contribution in [1.82, 2.24) is 4.90 Å². The van der Waals surface area contributed by atoms with E-state index in [1.54, 1.807) is 5.57 Å².